The average Bonchev–Trinajstić information content (AvgIpc) is 2.55. The van der Waals surface area contributed by atoms with Crippen LogP contribution in [-0.2, 0) is 9.59 Å². The molecule has 2 aliphatic rings. The summed E-state index contributed by atoms with van der Waals surface area (Å²) in [6.07, 6.45) is 3.42. The van der Waals surface area contributed by atoms with E-state index < -0.39 is 12.1 Å². The predicted molar refractivity (Wildman–Crippen MR) is 85.6 cm³/mol. The summed E-state index contributed by atoms with van der Waals surface area (Å²) in [6, 6.07) is -1.23. The summed E-state index contributed by atoms with van der Waals surface area (Å²) >= 11 is 0. The second-order valence-corrected chi connectivity index (χ2v) is 6.28. The summed E-state index contributed by atoms with van der Waals surface area (Å²) < 4.78 is 0. The van der Waals surface area contributed by atoms with Gasteiger partial charge in [-0.05, 0) is 26.2 Å². The van der Waals surface area contributed by atoms with E-state index in [4.69, 9.17) is 5.73 Å². The van der Waals surface area contributed by atoms with Crippen molar-refractivity contribution in [1.29, 1.82) is 0 Å². The summed E-state index contributed by atoms with van der Waals surface area (Å²) in [5.74, 6) is -0.173. The van der Waals surface area contributed by atoms with E-state index in [2.05, 4.69) is 10.2 Å². The number of amides is 4. The molecule has 0 bridgehead atoms. The maximum absolute atomic E-state index is 12.3. The van der Waals surface area contributed by atoms with E-state index in [1.165, 1.54) is 6.42 Å². The number of carbonyl (C=O) groups is 3. The fourth-order valence-corrected chi connectivity index (χ4v) is 3.14. The second kappa shape index (κ2) is 8.26. The van der Waals surface area contributed by atoms with Gasteiger partial charge in [-0.25, -0.2) is 4.79 Å². The topological polar surface area (TPSA) is 99.0 Å². The van der Waals surface area contributed by atoms with Gasteiger partial charge in [-0.3, -0.25) is 24.7 Å². The molecule has 3 N–H and O–H groups in total. The zero-order valence-corrected chi connectivity index (χ0v) is 13.8. The van der Waals surface area contributed by atoms with Crippen molar-refractivity contribution in [3.05, 3.63) is 0 Å². The van der Waals surface area contributed by atoms with Gasteiger partial charge in [-0.1, -0.05) is 0 Å². The lowest BCUT2D eigenvalue weighted by atomic mass is 10.1. The van der Waals surface area contributed by atoms with Crippen molar-refractivity contribution in [2.45, 2.75) is 32.2 Å². The highest BCUT2D eigenvalue weighted by molar-refractivity contribution is 5.96. The Kier molecular flexibility index (Phi) is 6.35. The van der Waals surface area contributed by atoms with Crippen LogP contribution in [0.25, 0.3) is 0 Å². The molecule has 0 saturated carbocycles. The van der Waals surface area contributed by atoms with E-state index in [0.717, 1.165) is 39.0 Å². The van der Waals surface area contributed by atoms with E-state index in [1.54, 1.807) is 6.92 Å². The van der Waals surface area contributed by atoms with E-state index in [0.29, 0.717) is 19.6 Å². The van der Waals surface area contributed by atoms with Gasteiger partial charge in [-0.2, -0.15) is 0 Å². The minimum absolute atomic E-state index is 0.206. The lowest BCUT2D eigenvalue weighted by Crippen LogP contribution is -2.56. The van der Waals surface area contributed by atoms with Gasteiger partial charge >= 0.3 is 6.03 Å². The van der Waals surface area contributed by atoms with Gasteiger partial charge < -0.3 is 10.6 Å². The minimum atomic E-state index is -0.826. The van der Waals surface area contributed by atoms with Crippen LogP contribution in [0.3, 0.4) is 0 Å². The zero-order valence-electron chi connectivity index (χ0n) is 13.8. The third-order valence-corrected chi connectivity index (χ3v) is 4.65. The Bertz CT molecular complexity index is 442. The highest BCUT2D eigenvalue weighted by atomic mass is 16.2. The van der Waals surface area contributed by atoms with Crippen molar-refractivity contribution in [1.82, 2.24) is 20.0 Å². The van der Waals surface area contributed by atoms with Crippen molar-refractivity contribution in [3.8, 4) is 0 Å². The monoisotopic (exact) mass is 325 g/mol. The molecule has 2 fully saturated rings. The first kappa shape index (κ1) is 17.7. The van der Waals surface area contributed by atoms with Gasteiger partial charge in [-0.15, -0.1) is 0 Å². The summed E-state index contributed by atoms with van der Waals surface area (Å²) in [4.78, 5) is 40.9. The Hall–Kier alpha value is -1.67. The molecule has 0 radical (unpaired) electrons. The first-order valence-corrected chi connectivity index (χ1v) is 8.32. The molecular weight excluding hydrogens is 298 g/mol. The first-order chi connectivity index (χ1) is 11.0. The van der Waals surface area contributed by atoms with Crippen LogP contribution in [-0.4, -0.2) is 84.4 Å². The van der Waals surface area contributed by atoms with Crippen molar-refractivity contribution in [2.24, 2.45) is 5.73 Å². The number of nitrogens with one attached hydrogen (secondary N) is 1. The number of nitrogens with two attached hydrogens (primary N) is 1. The number of rotatable bonds is 4. The lowest BCUT2D eigenvalue weighted by Gasteiger charge is -2.38. The van der Waals surface area contributed by atoms with Gasteiger partial charge in [0.25, 0.3) is 0 Å². The number of urea groups is 1. The number of piperidine rings is 1. The Morgan fingerprint density at radius 1 is 1.00 bits per heavy atom. The summed E-state index contributed by atoms with van der Waals surface area (Å²) in [6.45, 7) is 6.84. The zero-order chi connectivity index (χ0) is 16.8. The molecule has 1 unspecified atom stereocenters. The normalized spacial score (nSPS) is 21.7. The number of hydrogen-bond donors (Lipinski definition) is 2. The smallest absolute Gasteiger partial charge is 0.318 e. The van der Waals surface area contributed by atoms with Crippen LogP contribution >= 0.6 is 0 Å². The van der Waals surface area contributed by atoms with Gasteiger partial charge in [0.2, 0.25) is 11.8 Å². The first-order valence-electron chi connectivity index (χ1n) is 8.32. The van der Waals surface area contributed by atoms with Crippen molar-refractivity contribution < 1.29 is 14.4 Å². The van der Waals surface area contributed by atoms with Crippen LogP contribution in [0.1, 0.15) is 26.2 Å². The second-order valence-electron chi connectivity index (χ2n) is 6.28. The molecular formula is C15H27N5O3. The molecule has 0 spiro atoms. The lowest BCUT2D eigenvalue weighted by molar-refractivity contribution is -0.134. The third kappa shape index (κ3) is 5.18. The van der Waals surface area contributed by atoms with Gasteiger partial charge in [0.15, 0.2) is 0 Å². The van der Waals surface area contributed by atoms with Crippen molar-refractivity contribution >= 4 is 17.8 Å². The molecule has 8 heteroatoms. The van der Waals surface area contributed by atoms with Crippen LogP contribution < -0.4 is 11.1 Å². The number of hydrogen-bond acceptors (Lipinski definition) is 5. The van der Waals surface area contributed by atoms with Gasteiger partial charge in [0.05, 0.1) is 12.6 Å². The van der Waals surface area contributed by atoms with Crippen LogP contribution in [0, 0.1) is 0 Å². The van der Waals surface area contributed by atoms with E-state index >= 15 is 0 Å². The highest BCUT2D eigenvalue weighted by Gasteiger charge is 2.27. The average molecular weight is 325 g/mol. The predicted octanol–water partition coefficient (Wildman–Crippen LogP) is -0.800. The highest BCUT2D eigenvalue weighted by Crippen LogP contribution is 2.11. The molecule has 130 valence electrons. The molecule has 0 aromatic rings. The van der Waals surface area contributed by atoms with Crippen LogP contribution in [0.5, 0.6) is 0 Å². The summed E-state index contributed by atoms with van der Waals surface area (Å²) in [5.41, 5.74) is 4.97. The Morgan fingerprint density at radius 2 is 1.61 bits per heavy atom. The van der Waals surface area contributed by atoms with Crippen LogP contribution in [0.4, 0.5) is 4.79 Å². The van der Waals surface area contributed by atoms with Gasteiger partial charge in [0, 0.05) is 39.3 Å². The van der Waals surface area contributed by atoms with E-state index in [9.17, 15) is 14.4 Å². The molecule has 4 amide bonds. The Labute approximate surface area is 136 Å². The molecule has 2 aliphatic heterocycles. The SMILES string of the molecule is CC(C(=O)NC(N)=O)N1CCN(CC(=O)N2CCCCC2)CC1. The number of carbonyl (C=O) groups excluding carboxylic acids is 3. The van der Waals surface area contributed by atoms with Gasteiger partial charge in [0.1, 0.15) is 0 Å². The minimum Gasteiger partial charge on any atom is -0.351 e. The maximum atomic E-state index is 12.3. The standard InChI is InChI=1S/C15H27N5O3/c1-12(14(22)17-15(16)23)19-9-7-18(8-10-19)11-13(21)20-5-3-2-4-6-20/h12H,2-11H2,1H3,(H3,16,17,22,23). The Balaban J connectivity index is 1.73. The molecule has 2 saturated heterocycles. The summed E-state index contributed by atoms with van der Waals surface area (Å²) in [5, 5.41) is 2.11. The van der Waals surface area contributed by atoms with E-state index in [-0.39, 0.29) is 11.8 Å². The van der Waals surface area contributed by atoms with Crippen LogP contribution in [0.15, 0.2) is 0 Å². The van der Waals surface area contributed by atoms with Crippen LogP contribution in [0.2, 0.25) is 0 Å². The van der Waals surface area contributed by atoms with E-state index in [1.807, 2.05) is 9.80 Å². The largest absolute Gasteiger partial charge is 0.351 e. The number of primary amides is 1. The molecule has 23 heavy (non-hydrogen) atoms. The molecule has 0 aromatic heterocycles. The molecule has 8 nitrogen and oxygen atoms in total. The maximum Gasteiger partial charge on any atom is 0.318 e. The van der Waals surface area contributed by atoms with Crippen molar-refractivity contribution in [2.75, 3.05) is 45.8 Å². The molecule has 2 rings (SSSR count). The third-order valence-electron chi connectivity index (χ3n) is 4.65. The fourth-order valence-electron chi connectivity index (χ4n) is 3.14. The molecule has 2 heterocycles. The molecule has 0 aromatic carbocycles. The Morgan fingerprint density at radius 3 is 2.17 bits per heavy atom. The fraction of sp³-hybridized carbons (Fsp3) is 0.800. The quantitative estimate of drug-likeness (QED) is 0.705. The number of nitrogens with zero attached hydrogens (tertiary/aromatic N) is 3. The molecule has 0 aliphatic carbocycles. The number of piperazine rings is 1. The molecule has 1 atom stereocenters. The number of likely N-dealkylation sites (tertiary alicyclic amines) is 1. The van der Waals surface area contributed by atoms with Crippen molar-refractivity contribution in [3.63, 3.8) is 0 Å². The summed E-state index contributed by atoms with van der Waals surface area (Å²) in [7, 11) is 0. The number of imide groups is 1.